The van der Waals surface area contributed by atoms with Gasteiger partial charge in [0.25, 0.3) is 0 Å². The highest BCUT2D eigenvalue weighted by Gasteiger charge is 2.17. The number of halogens is 3. The number of hydrogen-bond donors (Lipinski definition) is 0. The smallest absolute Gasteiger partial charge is 0.147 e. The fraction of sp³-hybridized carbons (Fsp3) is 0.500. The lowest BCUT2D eigenvalue weighted by atomic mass is 9.87. The van der Waals surface area contributed by atoms with Crippen LogP contribution in [0.5, 0.6) is 5.75 Å². The molecule has 0 bridgehead atoms. The van der Waals surface area contributed by atoms with E-state index >= 15 is 0 Å². The Bertz CT molecular complexity index is 346. The van der Waals surface area contributed by atoms with Gasteiger partial charge in [0.05, 0.1) is 15.6 Å². The summed E-state index contributed by atoms with van der Waals surface area (Å²) in [5.74, 6) is 0.868. The molecule has 1 aromatic carbocycles. The van der Waals surface area contributed by atoms with Crippen LogP contribution in [-0.4, -0.2) is 11.9 Å². The van der Waals surface area contributed by atoms with Gasteiger partial charge in [0.1, 0.15) is 5.75 Å². The van der Waals surface area contributed by atoms with Gasteiger partial charge >= 0.3 is 0 Å². The lowest BCUT2D eigenvalue weighted by molar-refractivity contribution is 0.340. The summed E-state index contributed by atoms with van der Waals surface area (Å²) >= 11 is 10.4. The van der Waals surface area contributed by atoms with Crippen LogP contribution in [0.4, 0.5) is 0 Å². The van der Waals surface area contributed by atoms with E-state index in [2.05, 4.69) is 80.7 Å². The van der Waals surface area contributed by atoms with E-state index in [0.29, 0.717) is 6.61 Å². The first-order valence-corrected chi connectivity index (χ1v) is 7.75. The maximum Gasteiger partial charge on any atom is 0.147 e. The zero-order chi connectivity index (χ0) is 12.3. The van der Waals surface area contributed by atoms with E-state index in [1.54, 1.807) is 0 Å². The van der Waals surface area contributed by atoms with Crippen molar-refractivity contribution in [1.82, 2.24) is 0 Å². The zero-order valence-electron chi connectivity index (χ0n) is 9.61. The molecule has 0 amide bonds. The Hall–Kier alpha value is 0.460. The topological polar surface area (TPSA) is 9.23 Å². The molecule has 0 atom stereocenters. The Morgan fingerprint density at radius 1 is 1.12 bits per heavy atom. The number of hydrogen-bond acceptors (Lipinski definition) is 1. The van der Waals surface area contributed by atoms with Crippen molar-refractivity contribution in [2.24, 2.45) is 0 Å². The van der Waals surface area contributed by atoms with E-state index in [0.717, 1.165) is 20.0 Å². The lowest BCUT2D eigenvalue weighted by Crippen LogP contribution is -2.11. The van der Waals surface area contributed by atoms with Crippen molar-refractivity contribution in [2.45, 2.75) is 26.2 Å². The first-order chi connectivity index (χ1) is 7.36. The van der Waals surface area contributed by atoms with Gasteiger partial charge in [0.15, 0.2) is 0 Å². The van der Waals surface area contributed by atoms with E-state index in [9.17, 15) is 0 Å². The minimum Gasteiger partial charge on any atom is -0.490 e. The minimum atomic E-state index is 0.138. The van der Waals surface area contributed by atoms with Crippen LogP contribution in [-0.2, 0) is 5.41 Å². The zero-order valence-corrected chi connectivity index (χ0v) is 14.4. The molecule has 0 unspecified atom stereocenters. The quantitative estimate of drug-likeness (QED) is 0.611. The number of rotatable bonds is 3. The Labute approximate surface area is 122 Å². The molecule has 0 fully saturated rings. The highest BCUT2D eigenvalue weighted by Crippen LogP contribution is 2.38. The summed E-state index contributed by atoms with van der Waals surface area (Å²) in [6, 6.07) is 4.24. The van der Waals surface area contributed by atoms with E-state index in [1.165, 1.54) is 5.56 Å². The van der Waals surface area contributed by atoms with E-state index in [1.807, 2.05) is 0 Å². The van der Waals surface area contributed by atoms with E-state index in [4.69, 9.17) is 4.74 Å². The highest BCUT2D eigenvalue weighted by atomic mass is 79.9. The molecule has 0 heterocycles. The average molecular weight is 415 g/mol. The predicted molar refractivity (Wildman–Crippen MR) is 79.8 cm³/mol. The van der Waals surface area contributed by atoms with Crippen LogP contribution in [0.3, 0.4) is 0 Å². The highest BCUT2D eigenvalue weighted by molar-refractivity contribution is 9.11. The first-order valence-electron chi connectivity index (χ1n) is 5.04. The molecular weight excluding hydrogens is 400 g/mol. The van der Waals surface area contributed by atoms with Crippen molar-refractivity contribution in [3.63, 3.8) is 0 Å². The summed E-state index contributed by atoms with van der Waals surface area (Å²) in [5.41, 5.74) is 1.41. The van der Waals surface area contributed by atoms with Crippen LogP contribution in [0.15, 0.2) is 21.1 Å². The van der Waals surface area contributed by atoms with Crippen LogP contribution in [0.25, 0.3) is 0 Å². The lowest BCUT2D eigenvalue weighted by Gasteiger charge is -2.21. The minimum absolute atomic E-state index is 0.138. The molecule has 0 aliphatic carbocycles. The fourth-order valence-electron chi connectivity index (χ4n) is 1.27. The van der Waals surface area contributed by atoms with Crippen LogP contribution in [0.2, 0.25) is 0 Å². The van der Waals surface area contributed by atoms with E-state index in [-0.39, 0.29) is 5.41 Å². The molecule has 1 nitrogen and oxygen atoms in total. The Morgan fingerprint density at radius 3 is 2.00 bits per heavy atom. The van der Waals surface area contributed by atoms with Crippen LogP contribution < -0.4 is 4.74 Å². The third-order valence-corrected chi connectivity index (χ3v) is 3.69. The summed E-state index contributed by atoms with van der Waals surface area (Å²) in [4.78, 5) is 0. The van der Waals surface area contributed by atoms with Gasteiger partial charge in [0.2, 0.25) is 0 Å². The molecule has 0 saturated heterocycles. The van der Waals surface area contributed by atoms with Crippen molar-refractivity contribution < 1.29 is 4.74 Å². The molecule has 0 aliphatic rings. The summed E-state index contributed by atoms with van der Waals surface area (Å²) in [7, 11) is 0. The van der Waals surface area contributed by atoms with Gasteiger partial charge in [-0.05, 0) is 55.0 Å². The van der Waals surface area contributed by atoms with Gasteiger partial charge in [-0.3, -0.25) is 0 Å². The van der Waals surface area contributed by atoms with Gasteiger partial charge in [-0.25, -0.2) is 0 Å². The summed E-state index contributed by atoms with van der Waals surface area (Å²) in [5, 5.41) is 0.826. The van der Waals surface area contributed by atoms with Gasteiger partial charge in [0, 0.05) is 5.33 Å². The largest absolute Gasteiger partial charge is 0.490 e. The molecule has 0 N–H and O–H groups in total. The van der Waals surface area contributed by atoms with Gasteiger partial charge in [-0.15, -0.1) is 0 Å². The maximum atomic E-state index is 5.64. The number of alkyl halides is 1. The van der Waals surface area contributed by atoms with E-state index < -0.39 is 0 Å². The van der Waals surface area contributed by atoms with Crippen LogP contribution in [0.1, 0.15) is 26.3 Å². The second-order valence-corrected chi connectivity index (χ2v) is 7.06. The standard InChI is InChI=1S/C12H15Br3O/c1-12(2,3)8-6-9(14)11(10(15)7-8)16-5-4-13/h6-7H,4-5H2,1-3H3. The maximum absolute atomic E-state index is 5.64. The molecule has 0 spiro atoms. The fourth-order valence-corrected chi connectivity index (χ4v) is 2.85. The second-order valence-electron chi connectivity index (χ2n) is 4.56. The van der Waals surface area contributed by atoms with Crippen molar-refractivity contribution in [2.75, 3.05) is 11.9 Å². The van der Waals surface area contributed by atoms with Crippen molar-refractivity contribution in [3.05, 3.63) is 26.6 Å². The predicted octanol–water partition coefficient (Wildman–Crippen LogP) is 5.28. The summed E-state index contributed by atoms with van der Waals surface area (Å²) in [6.07, 6.45) is 0. The molecule has 0 aliphatic heterocycles. The molecule has 90 valence electrons. The third kappa shape index (κ3) is 3.74. The van der Waals surface area contributed by atoms with Crippen LogP contribution >= 0.6 is 47.8 Å². The van der Waals surface area contributed by atoms with Crippen molar-refractivity contribution in [3.8, 4) is 5.75 Å². The molecule has 0 radical (unpaired) electrons. The molecule has 1 rings (SSSR count). The third-order valence-electron chi connectivity index (χ3n) is 2.19. The number of benzene rings is 1. The SMILES string of the molecule is CC(C)(C)c1cc(Br)c(OCCBr)c(Br)c1. The molecule has 4 heteroatoms. The molecule has 0 saturated carbocycles. The van der Waals surface area contributed by atoms with Gasteiger partial charge in [-0.1, -0.05) is 36.7 Å². The molecular formula is C12H15Br3O. The Morgan fingerprint density at radius 2 is 1.62 bits per heavy atom. The van der Waals surface area contributed by atoms with Gasteiger partial charge in [-0.2, -0.15) is 0 Å². The summed E-state index contributed by atoms with van der Waals surface area (Å²) in [6.45, 7) is 7.24. The molecule has 16 heavy (non-hydrogen) atoms. The Kier molecular flexibility index (Phi) is 5.33. The van der Waals surface area contributed by atoms with Crippen LogP contribution in [0, 0.1) is 0 Å². The van der Waals surface area contributed by atoms with Gasteiger partial charge < -0.3 is 4.74 Å². The first kappa shape index (κ1) is 14.5. The molecule has 1 aromatic rings. The summed E-state index contributed by atoms with van der Waals surface area (Å²) < 4.78 is 7.63. The average Bonchev–Trinajstić information content (AvgIpc) is 2.15. The van der Waals surface area contributed by atoms with Crippen molar-refractivity contribution >= 4 is 47.8 Å². The second kappa shape index (κ2) is 5.87. The molecule has 0 aromatic heterocycles. The Balaban J connectivity index is 3.08. The number of ether oxygens (including phenoxy) is 1. The normalized spacial score (nSPS) is 11.6. The monoisotopic (exact) mass is 412 g/mol. The van der Waals surface area contributed by atoms with Crippen molar-refractivity contribution in [1.29, 1.82) is 0 Å².